The fourth-order valence-electron chi connectivity index (χ4n) is 2.86. The van der Waals surface area contributed by atoms with Crippen molar-refractivity contribution in [2.75, 3.05) is 7.11 Å². The third-order valence-corrected chi connectivity index (χ3v) is 3.93. The molecule has 0 bridgehead atoms. The SMILES string of the molecule is COC(=O)C(c1nc(C(C)C)nn1C)C1CCCC1. The van der Waals surface area contributed by atoms with Crippen LogP contribution in [0.5, 0.6) is 0 Å². The van der Waals surface area contributed by atoms with Gasteiger partial charge in [-0.25, -0.2) is 4.98 Å². The summed E-state index contributed by atoms with van der Waals surface area (Å²) in [6, 6.07) is 0. The van der Waals surface area contributed by atoms with Crippen LogP contribution in [0.4, 0.5) is 0 Å². The third-order valence-electron chi connectivity index (χ3n) is 3.93. The summed E-state index contributed by atoms with van der Waals surface area (Å²) in [6.07, 6.45) is 4.52. The molecule has 5 nitrogen and oxygen atoms in total. The highest BCUT2D eigenvalue weighted by Crippen LogP contribution is 2.37. The molecule has 0 aromatic carbocycles. The normalized spacial score (nSPS) is 17.9. The van der Waals surface area contributed by atoms with Crippen LogP contribution in [-0.2, 0) is 16.6 Å². The van der Waals surface area contributed by atoms with Gasteiger partial charge in [0.15, 0.2) is 5.82 Å². The van der Waals surface area contributed by atoms with Crippen LogP contribution in [0.3, 0.4) is 0 Å². The first kappa shape index (κ1) is 14.0. The summed E-state index contributed by atoms with van der Waals surface area (Å²) in [5.74, 6) is 1.71. The molecule has 1 saturated carbocycles. The number of methoxy groups -OCH3 is 1. The van der Waals surface area contributed by atoms with Gasteiger partial charge in [-0.15, -0.1) is 0 Å². The number of carbonyl (C=O) groups is 1. The Kier molecular flexibility index (Phi) is 4.22. The summed E-state index contributed by atoms with van der Waals surface area (Å²) >= 11 is 0. The van der Waals surface area contributed by atoms with Crippen molar-refractivity contribution in [3.05, 3.63) is 11.6 Å². The molecule has 0 saturated heterocycles. The van der Waals surface area contributed by atoms with E-state index in [1.54, 1.807) is 4.68 Å². The Hall–Kier alpha value is -1.39. The van der Waals surface area contributed by atoms with Gasteiger partial charge >= 0.3 is 5.97 Å². The minimum atomic E-state index is -0.266. The Balaban J connectivity index is 2.34. The van der Waals surface area contributed by atoms with Crippen molar-refractivity contribution in [2.24, 2.45) is 13.0 Å². The minimum Gasteiger partial charge on any atom is -0.468 e. The van der Waals surface area contributed by atoms with Gasteiger partial charge in [0.25, 0.3) is 0 Å². The zero-order valence-electron chi connectivity index (χ0n) is 12.2. The molecule has 1 aromatic heterocycles. The fourth-order valence-corrected chi connectivity index (χ4v) is 2.86. The van der Waals surface area contributed by atoms with Crippen LogP contribution in [0.15, 0.2) is 0 Å². The van der Waals surface area contributed by atoms with Crippen molar-refractivity contribution in [3.8, 4) is 0 Å². The molecule has 1 fully saturated rings. The zero-order valence-corrected chi connectivity index (χ0v) is 12.2. The minimum absolute atomic E-state index is 0.183. The van der Waals surface area contributed by atoms with Gasteiger partial charge in [0, 0.05) is 13.0 Å². The van der Waals surface area contributed by atoms with Gasteiger partial charge in [-0.05, 0) is 18.8 Å². The molecule has 1 aliphatic rings. The molecule has 1 aromatic rings. The van der Waals surface area contributed by atoms with E-state index < -0.39 is 0 Å². The van der Waals surface area contributed by atoms with Gasteiger partial charge < -0.3 is 4.74 Å². The van der Waals surface area contributed by atoms with Gasteiger partial charge in [0.1, 0.15) is 11.7 Å². The molecule has 0 N–H and O–H groups in total. The highest BCUT2D eigenvalue weighted by molar-refractivity contribution is 5.77. The lowest BCUT2D eigenvalue weighted by atomic mass is 9.90. The summed E-state index contributed by atoms with van der Waals surface area (Å²) in [4.78, 5) is 16.7. The van der Waals surface area contributed by atoms with Gasteiger partial charge in [-0.3, -0.25) is 9.48 Å². The molecule has 19 heavy (non-hydrogen) atoms. The van der Waals surface area contributed by atoms with Gasteiger partial charge in [-0.2, -0.15) is 5.10 Å². The van der Waals surface area contributed by atoms with Crippen LogP contribution in [0.25, 0.3) is 0 Å². The first-order valence-electron chi connectivity index (χ1n) is 7.03. The highest BCUT2D eigenvalue weighted by atomic mass is 16.5. The van der Waals surface area contributed by atoms with Crippen molar-refractivity contribution < 1.29 is 9.53 Å². The molecule has 5 heteroatoms. The first-order valence-corrected chi connectivity index (χ1v) is 7.03. The second-order valence-corrected chi connectivity index (χ2v) is 5.65. The summed E-state index contributed by atoms with van der Waals surface area (Å²) < 4.78 is 6.73. The number of esters is 1. The van der Waals surface area contributed by atoms with Gasteiger partial charge in [0.05, 0.1) is 7.11 Å². The molecule has 0 spiro atoms. The number of nitrogens with zero attached hydrogens (tertiary/aromatic N) is 3. The molecular formula is C14H23N3O2. The molecule has 1 atom stereocenters. The maximum Gasteiger partial charge on any atom is 0.316 e. The lowest BCUT2D eigenvalue weighted by Crippen LogP contribution is -2.24. The lowest BCUT2D eigenvalue weighted by Gasteiger charge is -2.19. The van der Waals surface area contributed by atoms with Crippen LogP contribution < -0.4 is 0 Å². The van der Waals surface area contributed by atoms with Crippen molar-refractivity contribution in [1.82, 2.24) is 14.8 Å². The van der Waals surface area contributed by atoms with E-state index in [1.807, 2.05) is 7.05 Å². The lowest BCUT2D eigenvalue weighted by molar-refractivity contribution is -0.144. The topological polar surface area (TPSA) is 57.0 Å². The zero-order chi connectivity index (χ0) is 14.0. The molecule has 0 amide bonds. The maximum atomic E-state index is 12.1. The van der Waals surface area contributed by atoms with E-state index in [2.05, 4.69) is 23.9 Å². The monoisotopic (exact) mass is 265 g/mol. The van der Waals surface area contributed by atoms with Crippen molar-refractivity contribution in [3.63, 3.8) is 0 Å². The fraction of sp³-hybridized carbons (Fsp3) is 0.786. The number of hydrogen-bond donors (Lipinski definition) is 0. The number of aryl methyl sites for hydroxylation is 1. The molecular weight excluding hydrogens is 242 g/mol. The summed E-state index contributed by atoms with van der Waals surface area (Å²) in [5.41, 5.74) is 0. The first-order chi connectivity index (χ1) is 9.04. The van der Waals surface area contributed by atoms with Crippen LogP contribution >= 0.6 is 0 Å². The van der Waals surface area contributed by atoms with E-state index in [0.29, 0.717) is 5.92 Å². The Morgan fingerprint density at radius 3 is 2.47 bits per heavy atom. The van der Waals surface area contributed by atoms with Crippen molar-refractivity contribution >= 4 is 5.97 Å². The molecule has 1 heterocycles. The predicted molar refractivity (Wildman–Crippen MR) is 71.8 cm³/mol. The number of hydrogen-bond acceptors (Lipinski definition) is 4. The molecule has 1 aliphatic carbocycles. The summed E-state index contributed by atoms with van der Waals surface area (Å²) in [7, 11) is 3.31. The second-order valence-electron chi connectivity index (χ2n) is 5.65. The molecule has 106 valence electrons. The molecule has 0 radical (unpaired) electrons. The molecule has 2 rings (SSSR count). The number of aromatic nitrogens is 3. The molecule has 1 unspecified atom stereocenters. The quantitative estimate of drug-likeness (QED) is 0.784. The van der Waals surface area contributed by atoms with Crippen LogP contribution in [0.1, 0.15) is 63.0 Å². The van der Waals surface area contributed by atoms with Crippen LogP contribution in [-0.4, -0.2) is 27.8 Å². The van der Waals surface area contributed by atoms with E-state index in [4.69, 9.17) is 4.74 Å². The standard InChI is InChI=1S/C14H23N3O2/c1-9(2)12-15-13(17(3)16-12)11(14(18)19-4)10-7-5-6-8-10/h9-11H,5-8H2,1-4H3. The third kappa shape index (κ3) is 2.80. The Morgan fingerprint density at radius 2 is 2.00 bits per heavy atom. The van der Waals surface area contributed by atoms with E-state index in [1.165, 1.54) is 20.0 Å². The van der Waals surface area contributed by atoms with E-state index in [9.17, 15) is 4.79 Å². The van der Waals surface area contributed by atoms with Crippen molar-refractivity contribution in [2.45, 2.75) is 51.4 Å². The Morgan fingerprint density at radius 1 is 1.37 bits per heavy atom. The number of rotatable bonds is 4. The average Bonchev–Trinajstić information content (AvgIpc) is 3.00. The van der Waals surface area contributed by atoms with Crippen LogP contribution in [0.2, 0.25) is 0 Å². The van der Waals surface area contributed by atoms with E-state index in [-0.39, 0.29) is 17.8 Å². The van der Waals surface area contributed by atoms with Gasteiger partial charge in [0.2, 0.25) is 0 Å². The molecule has 0 aliphatic heterocycles. The van der Waals surface area contributed by atoms with Crippen LogP contribution in [0, 0.1) is 5.92 Å². The van der Waals surface area contributed by atoms with Gasteiger partial charge in [-0.1, -0.05) is 26.7 Å². The summed E-state index contributed by atoms with van der Waals surface area (Å²) in [6.45, 7) is 4.11. The number of ether oxygens (including phenoxy) is 1. The average molecular weight is 265 g/mol. The van der Waals surface area contributed by atoms with E-state index in [0.717, 1.165) is 24.5 Å². The van der Waals surface area contributed by atoms with Crippen molar-refractivity contribution in [1.29, 1.82) is 0 Å². The van der Waals surface area contributed by atoms with E-state index >= 15 is 0 Å². The maximum absolute atomic E-state index is 12.1. The Labute approximate surface area is 114 Å². The highest BCUT2D eigenvalue weighted by Gasteiger charge is 2.36. The second kappa shape index (κ2) is 5.72. The Bertz CT molecular complexity index is 448. The smallest absolute Gasteiger partial charge is 0.316 e. The summed E-state index contributed by atoms with van der Waals surface area (Å²) in [5, 5.41) is 4.42. The predicted octanol–water partition coefficient (Wildman–Crippen LogP) is 2.39. The number of carbonyl (C=O) groups excluding carboxylic acids is 1. The largest absolute Gasteiger partial charge is 0.468 e.